The third-order valence-electron chi connectivity index (χ3n) is 3.49. The van der Waals surface area contributed by atoms with Crippen molar-refractivity contribution in [3.05, 3.63) is 0 Å². The minimum absolute atomic E-state index is 0.375. The molecule has 0 amide bonds. The lowest BCUT2D eigenvalue weighted by molar-refractivity contribution is -0.0690. The molecule has 1 aliphatic rings. The fourth-order valence-corrected chi connectivity index (χ4v) is 2.83. The molecule has 1 heterocycles. The Morgan fingerprint density at radius 1 is 1.24 bits per heavy atom. The average molecular weight is 242 g/mol. The third kappa shape index (κ3) is 5.84. The Labute approximate surface area is 107 Å². The molecule has 0 bridgehead atoms. The van der Waals surface area contributed by atoms with E-state index in [0.717, 1.165) is 25.6 Å². The molecule has 3 unspecified atom stereocenters. The quantitative estimate of drug-likeness (QED) is 0.775. The maximum atomic E-state index is 5.85. The van der Waals surface area contributed by atoms with Crippen LogP contribution in [0.5, 0.6) is 0 Å². The van der Waals surface area contributed by atoms with Gasteiger partial charge in [-0.3, -0.25) is 4.90 Å². The maximum Gasteiger partial charge on any atom is 0.0678 e. The molecule has 3 nitrogen and oxygen atoms in total. The highest BCUT2D eigenvalue weighted by molar-refractivity contribution is 4.74. The average Bonchev–Trinajstić information content (AvgIpc) is 2.22. The van der Waals surface area contributed by atoms with Crippen LogP contribution in [0.2, 0.25) is 0 Å². The van der Waals surface area contributed by atoms with E-state index in [1.54, 1.807) is 0 Å². The first-order valence-corrected chi connectivity index (χ1v) is 7.09. The molecule has 1 aliphatic heterocycles. The predicted octanol–water partition coefficient (Wildman–Crippen LogP) is 2.11. The summed E-state index contributed by atoms with van der Waals surface area (Å²) in [4.78, 5) is 2.53. The summed E-state index contributed by atoms with van der Waals surface area (Å²) in [6.07, 6.45) is 3.24. The van der Waals surface area contributed by atoms with Gasteiger partial charge in [-0.05, 0) is 51.6 Å². The second kappa shape index (κ2) is 7.34. The van der Waals surface area contributed by atoms with Crippen LogP contribution in [0.1, 0.15) is 40.5 Å². The molecule has 3 heteroatoms. The maximum absolute atomic E-state index is 5.85. The zero-order valence-electron chi connectivity index (χ0n) is 12.0. The summed E-state index contributed by atoms with van der Waals surface area (Å²) in [5.74, 6) is 1.44. The van der Waals surface area contributed by atoms with Crippen LogP contribution >= 0.6 is 0 Å². The topological polar surface area (TPSA) is 38.5 Å². The zero-order chi connectivity index (χ0) is 12.8. The van der Waals surface area contributed by atoms with Crippen LogP contribution in [0.4, 0.5) is 0 Å². The van der Waals surface area contributed by atoms with Crippen molar-refractivity contribution in [1.29, 1.82) is 0 Å². The van der Waals surface area contributed by atoms with Crippen molar-refractivity contribution in [2.24, 2.45) is 17.6 Å². The van der Waals surface area contributed by atoms with Gasteiger partial charge in [-0.25, -0.2) is 0 Å². The number of hydrogen-bond donors (Lipinski definition) is 1. The van der Waals surface area contributed by atoms with E-state index in [1.165, 1.54) is 19.4 Å². The van der Waals surface area contributed by atoms with Gasteiger partial charge in [0.1, 0.15) is 0 Å². The molecule has 0 aromatic carbocycles. The molecule has 0 radical (unpaired) electrons. The van der Waals surface area contributed by atoms with Crippen LogP contribution in [0.15, 0.2) is 0 Å². The summed E-state index contributed by atoms with van der Waals surface area (Å²) < 4.78 is 5.75. The minimum Gasteiger partial charge on any atom is -0.373 e. The number of ether oxygens (including phenoxy) is 1. The van der Waals surface area contributed by atoms with E-state index in [4.69, 9.17) is 10.5 Å². The summed E-state index contributed by atoms with van der Waals surface area (Å²) in [6, 6.07) is 0. The molecule has 0 aromatic rings. The Balaban J connectivity index is 2.28. The highest BCUT2D eigenvalue weighted by Gasteiger charge is 2.22. The fourth-order valence-electron chi connectivity index (χ4n) is 2.83. The molecule has 0 aromatic heterocycles. The third-order valence-corrected chi connectivity index (χ3v) is 3.49. The first-order valence-electron chi connectivity index (χ1n) is 7.09. The van der Waals surface area contributed by atoms with Crippen molar-refractivity contribution < 1.29 is 4.74 Å². The SMILES string of the molecule is CC(C)CC(CN)CCN1CC(C)OC(C)C1. The van der Waals surface area contributed by atoms with E-state index < -0.39 is 0 Å². The predicted molar refractivity (Wildman–Crippen MR) is 73.1 cm³/mol. The summed E-state index contributed by atoms with van der Waals surface area (Å²) in [6.45, 7) is 13.0. The van der Waals surface area contributed by atoms with Gasteiger partial charge in [0.05, 0.1) is 12.2 Å². The van der Waals surface area contributed by atoms with Gasteiger partial charge in [0.25, 0.3) is 0 Å². The lowest BCUT2D eigenvalue weighted by Gasteiger charge is -2.36. The van der Waals surface area contributed by atoms with E-state index in [2.05, 4.69) is 32.6 Å². The van der Waals surface area contributed by atoms with Crippen molar-refractivity contribution >= 4 is 0 Å². The number of hydrogen-bond acceptors (Lipinski definition) is 3. The van der Waals surface area contributed by atoms with Crippen LogP contribution < -0.4 is 5.73 Å². The summed E-state index contributed by atoms with van der Waals surface area (Å²) in [5, 5.41) is 0. The van der Waals surface area contributed by atoms with Crippen molar-refractivity contribution in [2.45, 2.75) is 52.7 Å². The summed E-state index contributed by atoms with van der Waals surface area (Å²) in [7, 11) is 0. The molecular weight excluding hydrogens is 212 g/mol. The van der Waals surface area contributed by atoms with E-state index in [0.29, 0.717) is 18.1 Å². The van der Waals surface area contributed by atoms with Crippen LogP contribution in [0, 0.1) is 11.8 Å². The molecule has 17 heavy (non-hydrogen) atoms. The van der Waals surface area contributed by atoms with Gasteiger partial charge in [-0.2, -0.15) is 0 Å². The van der Waals surface area contributed by atoms with E-state index in [1.807, 2.05) is 0 Å². The first kappa shape index (κ1) is 14.9. The fraction of sp³-hybridized carbons (Fsp3) is 1.00. The highest BCUT2D eigenvalue weighted by Crippen LogP contribution is 2.17. The number of nitrogens with zero attached hydrogens (tertiary/aromatic N) is 1. The molecule has 1 fully saturated rings. The summed E-state index contributed by atoms with van der Waals surface area (Å²) in [5.41, 5.74) is 5.85. The van der Waals surface area contributed by atoms with Gasteiger partial charge in [0.2, 0.25) is 0 Å². The van der Waals surface area contributed by atoms with Crippen molar-refractivity contribution in [3.63, 3.8) is 0 Å². The Kier molecular flexibility index (Phi) is 6.45. The highest BCUT2D eigenvalue weighted by atomic mass is 16.5. The van der Waals surface area contributed by atoms with Gasteiger partial charge >= 0.3 is 0 Å². The van der Waals surface area contributed by atoms with Crippen LogP contribution in [0.25, 0.3) is 0 Å². The lowest BCUT2D eigenvalue weighted by atomic mass is 9.94. The molecule has 102 valence electrons. The Morgan fingerprint density at radius 2 is 1.82 bits per heavy atom. The van der Waals surface area contributed by atoms with E-state index in [9.17, 15) is 0 Å². The first-order chi connectivity index (χ1) is 8.01. The Morgan fingerprint density at radius 3 is 2.29 bits per heavy atom. The smallest absolute Gasteiger partial charge is 0.0678 e. The standard InChI is InChI=1S/C14H30N2O/c1-11(2)7-14(8-15)5-6-16-9-12(3)17-13(4)10-16/h11-14H,5-10,15H2,1-4H3. The number of morpholine rings is 1. The second-order valence-electron chi connectivity index (χ2n) is 6.04. The van der Waals surface area contributed by atoms with Crippen molar-refractivity contribution in [1.82, 2.24) is 4.90 Å². The molecule has 3 atom stereocenters. The molecule has 0 spiro atoms. The normalized spacial score (nSPS) is 28.6. The second-order valence-corrected chi connectivity index (χ2v) is 6.04. The minimum atomic E-state index is 0.375. The van der Waals surface area contributed by atoms with Crippen molar-refractivity contribution in [2.75, 3.05) is 26.2 Å². The molecule has 1 saturated heterocycles. The van der Waals surface area contributed by atoms with E-state index in [-0.39, 0.29) is 0 Å². The molecule has 0 saturated carbocycles. The Hall–Kier alpha value is -0.120. The van der Waals surface area contributed by atoms with Gasteiger partial charge in [0.15, 0.2) is 0 Å². The van der Waals surface area contributed by atoms with Crippen molar-refractivity contribution in [3.8, 4) is 0 Å². The molecule has 2 N–H and O–H groups in total. The Bertz CT molecular complexity index is 198. The van der Waals surface area contributed by atoms with Gasteiger partial charge in [-0.15, -0.1) is 0 Å². The number of rotatable bonds is 6. The van der Waals surface area contributed by atoms with Crippen LogP contribution in [0.3, 0.4) is 0 Å². The van der Waals surface area contributed by atoms with E-state index >= 15 is 0 Å². The molecular formula is C14H30N2O. The largest absolute Gasteiger partial charge is 0.373 e. The van der Waals surface area contributed by atoms with Crippen LogP contribution in [-0.2, 0) is 4.74 Å². The van der Waals surface area contributed by atoms with Gasteiger partial charge in [-0.1, -0.05) is 13.8 Å². The van der Waals surface area contributed by atoms with Gasteiger partial charge < -0.3 is 10.5 Å². The summed E-state index contributed by atoms with van der Waals surface area (Å²) >= 11 is 0. The monoisotopic (exact) mass is 242 g/mol. The van der Waals surface area contributed by atoms with Gasteiger partial charge in [0, 0.05) is 13.1 Å². The zero-order valence-corrected chi connectivity index (χ0v) is 12.0. The lowest BCUT2D eigenvalue weighted by Crippen LogP contribution is -2.46. The van der Waals surface area contributed by atoms with Crippen LogP contribution in [-0.4, -0.2) is 43.3 Å². The number of nitrogens with two attached hydrogens (primary N) is 1. The molecule has 0 aliphatic carbocycles. The molecule has 1 rings (SSSR count).